The monoisotopic (exact) mass is 312 g/mol. The van der Waals surface area contributed by atoms with Gasteiger partial charge in [-0.25, -0.2) is 8.78 Å². The molecule has 1 aromatic carbocycles. The smallest absolute Gasteiger partial charge is 0.167 e. The van der Waals surface area contributed by atoms with Gasteiger partial charge in [0.25, 0.3) is 0 Å². The first-order chi connectivity index (χ1) is 10.1. The van der Waals surface area contributed by atoms with Gasteiger partial charge in [-0.3, -0.25) is 4.79 Å². The Hall–Kier alpha value is -0.960. The second-order valence-electron chi connectivity index (χ2n) is 6.43. The Morgan fingerprint density at radius 3 is 2.43 bits per heavy atom. The van der Waals surface area contributed by atoms with Crippen molar-refractivity contribution in [3.8, 4) is 0 Å². The lowest BCUT2D eigenvalue weighted by atomic mass is 9.66. The first-order valence-electron chi connectivity index (χ1n) is 7.75. The summed E-state index contributed by atoms with van der Waals surface area (Å²) in [5.41, 5.74) is 0.134. The molecule has 3 rings (SSSR count). The topological polar surface area (TPSA) is 17.1 Å². The number of fused-ring (bicyclic) bond motifs is 1. The molecule has 4 heteroatoms. The van der Waals surface area contributed by atoms with Crippen LogP contribution in [0.25, 0.3) is 0 Å². The molecule has 114 valence electrons. The van der Waals surface area contributed by atoms with Gasteiger partial charge >= 0.3 is 0 Å². The minimum Gasteiger partial charge on any atom is -0.294 e. The van der Waals surface area contributed by atoms with E-state index in [9.17, 15) is 13.6 Å². The van der Waals surface area contributed by atoms with Crippen LogP contribution in [0.1, 0.15) is 55.3 Å². The first kappa shape index (κ1) is 15.0. The van der Waals surface area contributed by atoms with Crippen molar-refractivity contribution in [2.75, 3.05) is 0 Å². The van der Waals surface area contributed by atoms with E-state index in [2.05, 4.69) is 0 Å². The fourth-order valence-corrected chi connectivity index (χ4v) is 4.29. The van der Waals surface area contributed by atoms with Crippen LogP contribution in [0.3, 0.4) is 0 Å². The largest absolute Gasteiger partial charge is 0.294 e. The van der Waals surface area contributed by atoms with Crippen molar-refractivity contribution in [1.29, 1.82) is 0 Å². The molecule has 2 fully saturated rings. The van der Waals surface area contributed by atoms with Crippen LogP contribution in [-0.4, -0.2) is 5.78 Å². The molecule has 0 N–H and O–H groups in total. The Balaban J connectivity index is 1.78. The summed E-state index contributed by atoms with van der Waals surface area (Å²) in [6, 6.07) is 1.85. The molecule has 2 saturated carbocycles. The molecule has 0 radical (unpaired) electrons. The lowest BCUT2D eigenvalue weighted by Crippen LogP contribution is -2.31. The molecule has 0 spiro atoms. The molecule has 0 saturated heterocycles. The number of ketones is 1. The van der Waals surface area contributed by atoms with Crippen LogP contribution in [0, 0.1) is 29.4 Å². The summed E-state index contributed by atoms with van der Waals surface area (Å²) in [6.45, 7) is 0. The van der Waals surface area contributed by atoms with Crippen molar-refractivity contribution in [1.82, 2.24) is 0 Å². The zero-order valence-corrected chi connectivity index (χ0v) is 12.6. The number of carbonyl (C=O) groups is 1. The van der Waals surface area contributed by atoms with Crippen LogP contribution in [0.5, 0.6) is 0 Å². The zero-order valence-electron chi connectivity index (χ0n) is 11.9. The summed E-state index contributed by atoms with van der Waals surface area (Å²) in [6.07, 6.45) is 7.80. The summed E-state index contributed by atoms with van der Waals surface area (Å²) in [4.78, 5) is 12.6. The average Bonchev–Trinajstić information content (AvgIpc) is 2.50. The average molecular weight is 313 g/mol. The standard InChI is InChI=1S/C17H19ClF2O/c18-14-9-16(20)15(19)8-13(14)17(21)12-6-5-10-3-1-2-4-11(10)7-12/h8-12H,1-7H2. The summed E-state index contributed by atoms with van der Waals surface area (Å²) in [5, 5.41) is 0.0182. The molecular weight excluding hydrogens is 294 g/mol. The number of rotatable bonds is 2. The Labute approximate surface area is 128 Å². The van der Waals surface area contributed by atoms with Crippen molar-refractivity contribution in [3.05, 3.63) is 34.4 Å². The lowest BCUT2D eigenvalue weighted by molar-refractivity contribution is 0.0763. The third kappa shape index (κ3) is 2.98. The van der Waals surface area contributed by atoms with Crippen molar-refractivity contribution in [2.24, 2.45) is 17.8 Å². The Morgan fingerprint density at radius 1 is 1.00 bits per heavy atom. The summed E-state index contributed by atoms with van der Waals surface area (Å²) in [5.74, 6) is -0.856. The van der Waals surface area contributed by atoms with E-state index in [0.29, 0.717) is 5.92 Å². The molecule has 21 heavy (non-hydrogen) atoms. The Bertz CT molecular complexity index is 558. The minimum atomic E-state index is -1.01. The van der Waals surface area contributed by atoms with Gasteiger partial charge in [0.05, 0.1) is 5.02 Å². The van der Waals surface area contributed by atoms with Crippen LogP contribution >= 0.6 is 11.6 Å². The van der Waals surface area contributed by atoms with Crippen LogP contribution in [0.15, 0.2) is 12.1 Å². The van der Waals surface area contributed by atoms with Crippen LogP contribution in [0.4, 0.5) is 8.78 Å². The Morgan fingerprint density at radius 2 is 1.67 bits per heavy atom. The highest BCUT2D eigenvalue weighted by Gasteiger charge is 2.35. The molecule has 3 unspecified atom stereocenters. The predicted octanol–water partition coefficient (Wildman–Crippen LogP) is 5.41. The Kier molecular flexibility index (Phi) is 4.30. The molecule has 0 bridgehead atoms. The molecular formula is C17H19ClF2O. The quantitative estimate of drug-likeness (QED) is 0.527. The lowest BCUT2D eigenvalue weighted by Gasteiger charge is -2.38. The first-order valence-corrected chi connectivity index (χ1v) is 8.13. The highest BCUT2D eigenvalue weighted by atomic mass is 35.5. The van der Waals surface area contributed by atoms with Gasteiger partial charge in [0.1, 0.15) is 0 Å². The highest BCUT2D eigenvalue weighted by Crippen LogP contribution is 2.43. The summed E-state index contributed by atoms with van der Waals surface area (Å²) < 4.78 is 26.5. The van der Waals surface area contributed by atoms with E-state index in [1.54, 1.807) is 0 Å². The number of hydrogen-bond donors (Lipinski definition) is 0. The van der Waals surface area contributed by atoms with Crippen molar-refractivity contribution in [2.45, 2.75) is 44.9 Å². The molecule has 2 aliphatic carbocycles. The van der Waals surface area contributed by atoms with Crippen molar-refractivity contribution < 1.29 is 13.6 Å². The van der Waals surface area contributed by atoms with Gasteiger partial charge in [-0.1, -0.05) is 37.3 Å². The van der Waals surface area contributed by atoms with E-state index < -0.39 is 11.6 Å². The minimum absolute atomic E-state index is 0.0182. The van der Waals surface area contributed by atoms with Gasteiger partial charge in [-0.2, -0.15) is 0 Å². The number of carbonyl (C=O) groups excluding carboxylic acids is 1. The van der Waals surface area contributed by atoms with E-state index in [-0.39, 0.29) is 22.3 Å². The number of halogens is 3. The van der Waals surface area contributed by atoms with Gasteiger partial charge in [0, 0.05) is 11.5 Å². The number of benzene rings is 1. The van der Waals surface area contributed by atoms with E-state index in [0.717, 1.165) is 37.3 Å². The maximum Gasteiger partial charge on any atom is 0.167 e. The fraction of sp³-hybridized carbons (Fsp3) is 0.588. The molecule has 1 aromatic rings. The van der Waals surface area contributed by atoms with Gasteiger partial charge in [0.2, 0.25) is 0 Å². The molecule has 0 aromatic heterocycles. The van der Waals surface area contributed by atoms with Crippen LogP contribution < -0.4 is 0 Å². The number of Topliss-reactive ketones (excluding diaryl/α,β-unsaturated/α-hetero) is 1. The molecule has 3 atom stereocenters. The maximum atomic E-state index is 13.4. The second kappa shape index (κ2) is 6.04. The van der Waals surface area contributed by atoms with E-state index in [4.69, 9.17) is 11.6 Å². The normalized spacial score (nSPS) is 29.0. The molecule has 1 nitrogen and oxygen atoms in total. The zero-order chi connectivity index (χ0) is 15.0. The van der Waals surface area contributed by atoms with Gasteiger partial charge in [-0.05, 0) is 43.2 Å². The van der Waals surface area contributed by atoms with Crippen molar-refractivity contribution >= 4 is 17.4 Å². The van der Waals surface area contributed by atoms with E-state index >= 15 is 0 Å². The third-order valence-corrected chi connectivity index (χ3v) is 5.50. The molecule has 0 aliphatic heterocycles. The predicted molar refractivity (Wildman–Crippen MR) is 78.5 cm³/mol. The van der Waals surface area contributed by atoms with Gasteiger partial charge < -0.3 is 0 Å². The van der Waals surface area contributed by atoms with Gasteiger partial charge in [-0.15, -0.1) is 0 Å². The highest BCUT2D eigenvalue weighted by molar-refractivity contribution is 6.34. The van der Waals surface area contributed by atoms with Crippen LogP contribution in [0.2, 0.25) is 5.02 Å². The van der Waals surface area contributed by atoms with E-state index in [1.165, 1.54) is 25.7 Å². The van der Waals surface area contributed by atoms with Gasteiger partial charge in [0.15, 0.2) is 17.4 Å². The maximum absolute atomic E-state index is 13.4. The molecule has 0 amide bonds. The number of hydrogen-bond acceptors (Lipinski definition) is 1. The SMILES string of the molecule is O=C(c1cc(F)c(F)cc1Cl)C1CCC2CCCCC2C1. The second-order valence-corrected chi connectivity index (χ2v) is 6.83. The van der Waals surface area contributed by atoms with Crippen LogP contribution in [-0.2, 0) is 0 Å². The fourth-order valence-electron chi connectivity index (χ4n) is 4.04. The molecule has 0 heterocycles. The third-order valence-electron chi connectivity index (χ3n) is 5.19. The van der Waals surface area contributed by atoms with Crippen molar-refractivity contribution in [3.63, 3.8) is 0 Å². The summed E-state index contributed by atoms with van der Waals surface area (Å²) >= 11 is 5.93. The summed E-state index contributed by atoms with van der Waals surface area (Å²) in [7, 11) is 0. The molecule has 2 aliphatic rings. The van der Waals surface area contributed by atoms with E-state index in [1.807, 2.05) is 0 Å².